The molecular formula is C15H19N3O3. The minimum Gasteiger partial charge on any atom is -0.464 e. The molecule has 0 aromatic carbocycles. The average Bonchev–Trinajstić information content (AvgIpc) is 3.10. The van der Waals surface area contributed by atoms with Gasteiger partial charge >= 0.3 is 6.03 Å². The highest BCUT2D eigenvalue weighted by Gasteiger charge is 2.33. The number of amides is 2. The number of carbonyl (C=O) groups is 1. The lowest BCUT2D eigenvalue weighted by Gasteiger charge is -2.37. The Morgan fingerprint density at radius 1 is 1.43 bits per heavy atom. The van der Waals surface area contributed by atoms with Gasteiger partial charge < -0.3 is 13.8 Å². The van der Waals surface area contributed by atoms with Gasteiger partial charge in [0.2, 0.25) is 0 Å². The quantitative estimate of drug-likeness (QED) is 0.917. The first-order valence-corrected chi connectivity index (χ1v) is 7.18. The number of rotatable bonds is 2. The minimum atomic E-state index is -0.171. The molecule has 2 atom stereocenters. The Hall–Kier alpha value is -2.24. The number of nitrogens with one attached hydrogen (secondary N) is 1. The lowest BCUT2D eigenvalue weighted by atomic mass is 9.91. The van der Waals surface area contributed by atoms with Crippen LogP contribution in [0.15, 0.2) is 33.4 Å². The number of aryl methyl sites for hydroxylation is 1. The van der Waals surface area contributed by atoms with Gasteiger partial charge in [0.25, 0.3) is 0 Å². The Kier molecular flexibility index (Phi) is 3.68. The van der Waals surface area contributed by atoms with E-state index in [0.29, 0.717) is 18.3 Å². The SMILES string of the molecule is Cc1ccc([C@@H]2C[C@H](C)CCN2C(=O)Nc2ccon2)o1. The zero-order valence-electron chi connectivity index (χ0n) is 12.2. The van der Waals surface area contributed by atoms with E-state index in [2.05, 4.69) is 17.4 Å². The van der Waals surface area contributed by atoms with Crippen LogP contribution in [0, 0.1) is 12.8 Å². The van der Waals surface area contributed by atoms with Crippen LogP contribution in [-0.2, 0) is 0 Å². The molecule has 0 unspecified atom stereocenters. The summed E-state index contributed by atoms with van der Waals surface area (Å²) in [4.78, 5) is 14.3. The molecule has 2 aromatic rings. The molecule has 6 heteroatoms. The summed E-state index contributed by atoms with van der Waals surface area (Å²) in [6, 6.07) is 5.30. The molecule has 112 valence electrons. The van der Waals surface area contributed by atoms with Crippen LogP contribution in [0.1, 0.15) is 37.3 Å². The Labute approximate surface area is 123 Å². The fourth-order valence-electron chi connectivity index (χ4n) is 2.75. The molecule has 0 radical (unpaired) electrons. The Bertz CT molecular complexity index is 605. The number of anilines is 1. The van der Waals surface area contributed by atoms with Crippen molar-refractivity contribution in [1.29, 1.82) is 0 Å². The van der Waals surface area contributed by atoms with Gasteiger partial charge in [-0.3, -0.25) is 5.32 Å². The van der Waals surface area contributed by atoms with E-state index in [1.165, 1.54) is 6.26 Å². The maximum absolute atomic E-state index is 12.5. The van der Waals surface area contributed by atoms with Crippen LogP contribution in [0.3, 0.4) is 0 Å². The van der Waals surface area contributed by atoms with Gasteiger partial charge in [-0.2, -0.15) is 0 Å². The minimum absolute atomic E-state index is 0.0330. The molecule has 2 aromatic heterocycles. The average molecular weight is 289 g/mol. The van der Waals surface area contributed by atoms with Crippen molar-refractivity contribution >= 4 is 11.8 Å². The highest BCUT2D eigenvalue weighted by molar-refractivity contribution is 5.88. The van der Waals surface area contributed by atoms with Crippen molar-refractivity contribution < 1.29 is 13.7 Å². The van der Waals surface area contributed by atoms with Gasteiger partial charge in [-0.05, 0) is 37.8 Å². The fourth-order valence-corrected chi connectivity index (χ4v) is 2.75. The molecule has 0 aliphatic carbocycles. The molecule has 0 spiro atoms. The van der Waals surface area contributed by atoms with Crippen LogP contribution >= 0.6 is 0 Å². The van der Waals surface area contributed by atoms with Crippen LogP contribution in [0.2, 0.25) is 0 Å². The number of hydrogen-bond acceptors (Lipinski definition) is 4. The van der Waals surface area contributed by atoms with Gasteiger partial charge in [0.05, 0.1) is 6.04 Å². The summed E-state index contributed by atoms with van der Waals surface area (Å²) in [6.07, 6.45) is 3.32. The van der Waals surface area contributed by atoms with Crippen molar-refractivity contribution in [2.75, 3.05) is 11.9 Å². The summed E-state index contributed by atoms with van der Waals surface area (Å²) in [5.74, 6) is 2.69. The Balaban J connectivity index is 1.79. The number of furan rings is 1. The zero-order chi connectivity index (χ0) is 14.8. The summed E-state index contributed by atoms with van der Waals surface area (Å²) >= 11 is 0. The molecule has 0 bridgehead atoms. The number of carbonyl (C=O) groups excluding carboxylic acids is 1. The van der Waals surface area contributed by atoms with Gasteiger partial charge in [-0.15, -0.1) is 0 Å². The van der Waals surface area contributed by atoms with E-state index in [1.807, 2.05) is 24.0 Å². The van der Waals surface area contributed by atoms with E-state index in [9.17, 15) is 4.79 Å². The first-order valence-electron chi connectivity index (χ1n) is 7.18. The van der Waals surface area contributed by atoms with E-state index < -0.39 is 0 Å². The van der Waals surface area contributed by atoms with Crippen molar-refractivity contribution in [2.24, 2.45) is 5.92 Å². The normalized spacial score (nSPS) is 22.3. The van der Waals surface area contributed by atoms with E-state index >= 15 is 0 Å². The number of likely N-dealkylation sites (tertiary alicyclic amines) is 1. The lowest BCUT2D eigenvalue weighted by Crippen LogP contribution is -2.42. The molecule has 0 saturated carbocycles. The summed E-state index contributed by atoms with van der Waals surface area (Å²) in [5.41, 5.74) is 0. The van der Waals surface area contributed by atoms with Crippen LogP contribution < -0.4 is 5.32 Å². The van der Waals surface area contributed by atoms with Gasteiger partial charge in [0.1, 0.15) is 17.8 Å². The summed E-state index contributed by atoms with van der Waals surface area (Å²) in [5, 5.41) is 6.46. The number of nitrogens with zero attached hydrogens (tertiary/aromatic N) is 2. The Morgan fingerprint density at radius 3 is 2.95 bits per heavy atom. The number of hydrogen-bond donors (Lipinski definition) is 1. The lowest BCUT2D eigenvalue weighted by molar-refractivity contribution is 0.128. The molecule has 6 nitrogen and oxygen atoms in total. The van der Waals surface area contributed by atoms with Crippen molar-refractivity contribution in [3.63, 3.8) is 0 Å². The fraction of sp³-hybridized carbons (Fsp3) is 0.467. The molecule has 21 heavy (non-hydrogen) atoms. The number of aromatic nitrogens is 1. The van der Waals surface area contributed by atoms with Crippen LogP contribution in [0.5, 0.6) is 0 Å². The van der Waals surface area contributed by atoms with E-state index in [1.54, 1.807) is 6.07 Å². The van der Waals surface area contributed by atoms with E-state index in [0.717, 1.165) is 24.4 Å². The predicted octanol–water partition coefficient (Wildman–Crippen LogP) is 3.58. The second-order valence-corrected chi connectivity index (χ2v) is 5.60. The second-order valence-electron chi connectivity index (χ2n) is 5.60. The smallest absolute Gasteiger partial charge is 0.323 e. The van der Waals surface area contributed by atoms with Gasteiger partial charge in [0.15, 0.2) is 5.82 Å². The number of urea groups is 1. The third-order valence-electron chi connectivity index (χ3n) is 3.89. The summed E-state index contributed by atoms with van der Waals surface area (Å²) < 4.78 is 10.5. The molecule has 2 amide bonds. The van der Waals surface area contributed by atoms with Gasteiger partial charge in [-0.25, -0.2) is 4.79 Å². The van der Waals surface area contributed by atoms with Gasteiger partial charge in [-0.1, -0.05) is 12.1 Å². The molecule has 1 N–H and O–H groups in total. The molecule has 1 saturated heterocycles. The largest absolute Gasteiger partial charge is 0.464 e. The van der Waals surface area contributed by atoms with Crippen LogP contribution in [0.4, 0.5) is 10.6 Å². The van der Waals surface area contributed by atoms with Crippen LogP contribution in [0.25, 0.3) is 0 Å². The first-order chi connectivity index (χ1) is 10.1. The zero-order valence-corrected chi connectivity index (χ0v) is 12.2. The van der Waals surface area contributed by atoms with Crippen molar-refractivity contribution in [1.82, 2.24) is 10.1 Å². The van der Waals surface area contributed by atoms with Crippen molar-refractivity contribution in [2.45, 2.75) is 32.7 Å². The highest BCUT2D eigenvalue weighted by atomic mass is 16.5. The molecular weight excluding hydrogens is 270 g/mol. The second kappa shape index (κ2) is 5.63. The van der Waals surface area contributed by atoms with E-state index in [4.69, 9.17) is 8.94 Å². The number of piperidine rings is 1. The third-order valence-corrected chi connectivity index (χ3v) is 3.89. The maximum atomic E-state index is 12.5. The molecule has 1 aliphatic heterocycles. The predicted molar refractivity (Wildman–Crippen MR) is 76.8 cm³/mol. The maximum Gasteiger partial charge on any atom is 0.323 e. The Morgan fingerprint density at radius 2 is 2.29 bits per heavy atom. The highest BCUT2D eigenvalue weighted by Crippen LogP contribution is 2.35. The molecule has 3 rings (SSSR count). The topological polar surface area (TPSA) is 71.5 Å². The molecule has 1 fully saturated rings. The summed E-state index contributed by atoms with van der Waals surface area (Å²) in [6.45, 7) is 4.82. The first kappa shape index (κ1) is 13.7. The monoisotopic (exact) mass is 289 g/mol. The molecule has 1 aliphatic rings. The third kappa shape index (κ3) is 2.94. The molecule has 3 heterocycles. The van der Waals surface area contributed by atoms with E-state index in [-0.39, 0.29) is 12.1 Å². The van der Waals surface area contributed by atoms with Crippen molar-refractivity contribution in [3.8, 4) is 0 Å². The van der Waals surface area contributed by atoms with Crippen molar-refractivity contribution in [3.05, 3.63) is 36.0 Å². The van der Waals surface area contributed by atoms with Crippen LogP contribution in [-0.4, -0.2) is 22.6 Å². The standard InChI is InChI=1S/C15H19N3O3/c1-10-5-7-18(15(19)16-14-6-8-20-17-14)12(9-10)13-4-3-11(2)21-13/h3-4,6,8,10,12H,5,7,9H2,1-2H3,(H,16,17,19)/t10-,12+/m1/s1. The van der Waals surface area contributed by atoms with Gasteiger partial charge in [0, 0.05) is 12.6 Å². The summed E-state index contributed by atoms with van der Waals surface area (Å²) in [7, 11) is 0.